The van der Waals surface area contributed by atoms with Crippen LogP contribution in [0, 0.1) is 11.7 Å². The lowest BCUT2D eigenvalue weighted by Gasteiger charge is -2.14. The van der Waals surface area contributed by atoms with Gasteiger partial charge in [-0.25, -0.2) is 4.39 Å². The van der Waals surface area contributed by atoms with Crippen molar-refractivity contribution in [3.8, 4) is 0 Å². The van der Waals surface area contributed by atoms with Gasteiger partial charge >= 0.3 is 5.97 Å². The highest BCUT2D eigenvalue weighted by molar-refractivity contribution is 6.31. The molecule has 1 atom stereocenters. The van der Waals surface area contributed by atoms with E-state index in [0.29, 0.717) is 17.0 Å². The summed E-state index contributed by atoms with van der Waals surface area (Å²) in [6.45, 7) is 0. The molecule has 0 fully saturated rings. The summed E-state index contributed by atoms with van der Waals surface area (Å²) in [6, 6.07) is 11.1. The van der Waals surface area contributed by atoms with Crippen LogP contribution in [0.5, 0.6) is 0 Å². The Morgan fingerprint density at radius 3 is 2.24 bits per heavy atom. The molecule has 0 heterocycles. The molecule has 21 heavy (non-hydrogen) atoms. The molecular formula is C16H13Cl2FO2. The van der Waals surface area contributed by atoms with Crippen LogP contribution in [0.2, 0.25) is 10.0 Å². The van der Waals surface area contributed by atoms with Crippen LogP contribution < -0.4 is 0 Å². The number of rotatable bonds is 5. The largest absolute Gasteiger partial charge is 0.481 e. The van der Waals surface area contributed by atoms with Gasteiger partial charge in [-0.2, -0.15) is 0 Å². The van der Waals surface area contributed by atoms with Gasteiger partial charge in [-0.3, -0.25) is 4.79 Å². The third-order valence-corrected chi connectivity index (χ3v) is 3.98. The summed E-state index contributed by atoms with van der Waals surface area (Å²) in [6.07, 6.45) is 0.516. The van der Waals surface area contributed by atoms with Crippen LogP contribution in [0.4, 0.5) is 4.39 Å². The third-order valence-electron chi connectivity index (χ3n) is 3.25. The lowest BCUT2D eigenvalue weighted by Crippen LogP contribution is -2.19. The van der Waals surface area contributed by atoms with Crippen molar-refractivity contribution in [3.05, 3.63) is 69.5 Å². The molecule has 1 N–H and O–H groups in total. The van der Waals surface area contributed by atoms with E-state index in [0.717, 1.165) is 5.56 Å². The van der Waals surface area contributed by atoms with Crippen LogP contribution in [0.1, 0.15) is 11.1 Å². The van der Waals surface area contributed by atoms with Gasteiger partial charge in [-0.1, -0.05) is 47.5 Å². The second kappa shape index (κ2) is 6.92. The lowest BCUT2D eigenvalue weighted by molar-refractivity contribution is -0.141. The minimum absolute atomic E-state index is 0.222. The van der Waals surface area contributed by atoms with Gasteiger partial charge in [-0.15, -0.1) is 0 Å². The minimum Gasteiger partial charge on any atom is -0.481 e. The van der Waals surface area contributed by atoms with Crippen LogP contribution in [-0.2, 0) is 17.6 Å². The van der Waals surface area contributed by atoms with E-state index in [1.165, 1.54) is 18.2 Å². The topological polar surface area (TPSA) is 37.3 Å². The normalized spacial score (nSPS) is 12.1. The fourth-order valence-electron chi connectivity index (χ4n) is 2.13. The Morgan fingerprint density at radius 1 is 1.05 bits per heavy atom. The summed E-state index contributed by atoms with van der Waals surface area (Å²) in [5, 5.41) is 10.1. The molecule has 0 aromatic heterocycles. The van der Waals surface area contributed by atoms with Gasteiger partial charge in [0, 0.05) is 10.0 Å². The smallest absolute Gasteiger partial charge is 0.307 e. The Kier molecular flexibility index (Phi) is 5.21. The first kappa shape index (κ1) is 15.8. The van der Waals surface area contributed by atoms with Crippen LogP contribution >= 0.6 is 23.2 Å². The molecule has 2 aromatic rings. The monoisotopic (exact) mass is 326 g/mol. The number of carbonyl (C=O) groups is 1. The Morgan fingerprint density at radius 2 is 1.67 bits per heavy atom. The zero-order chi connectivity index (χ0) is 15.4. The van der Waals surface area contributed by atoms with Crippen LogP contribution in [-0.4, -0.2) is 11.1 Å². The Bertz CT molecular complexity index is 658. The molecule has 0 spiro atoms. The van der Waals surface area contributed by atoms with E-state index < -0.39 is 17.7 Å². The highest BCUT2D eigenvalue weighted by Gasteiger charge is 2.21. The SMILES string of the molecule is O=C(O)C(Cc1ccccc1Cl)Cc1ccc(F)cc1Cl. The van der Waals surface area contributed by atoms with Crippen molar-refractivity contribution in [1.82, 2.24) is 0 Å². The van der Waals surface area contributed by atoms with E-state index in [4.69, 9.17) is 23.2 Å². The Labute approximate surface area is 132 Å². The molecule has 0 aliphatic heterocycles. The number of halogens is 3. The van der Waals surface area contributed by atoms with E-state index in [1.54, 1.807) is 18.2 Å². The van der Waals surface area contributed by atoms with Crippen molar-refractivity contribution in [1.29, 1.82) is 0 Å². The molecule has 0 radical (unpaired) electrons. The molecule has 110 valence electrons. The quantitative estimate of drug-likeness (QED) is 0.870. The van der Waals surface area contributed by atoms with Crippen molar-refractivity contribution in [2.24, 2.45) is 5.92 Å². The average molecular weight is 327 g/mol. The number of benzene rings is 2. The molecule has 0 saturated heterocycles. The summed E-state index contributed by atoms with van der Waals surface area (Å²) in [5.41, 5.74) is 1.38. The third kappa shape index (κ3) is 4.19. The Balaban J connectivity index is 2.20. The van der Waals surface area contributed by atoms with Gasteiger partial charge in [0.15, 0.2) is 0 Å². The summed E-state index contributed by atoms with van der Waals surface area (Å²) >= 11 is 12.0. The van der Waals surface area contributed by atoms with Crippen molar-refractivity contribution in [2.45, 2.75) is 12.8 Å². The summed E-state index contributed by atoms with van der Waals surface area (Å²) in [5.74, 6) is -2.05. The number of carboxylic acid groups (broad SMARTS) is 1. The van der Waals surface area contributed by atoms with Crippen LogP contribution in [0.3, 0.4) is 0 Å². The predicted molar refractivity (Wildman–Crippen MR) is 81.4 cm³/mol. The molecule has 2 aromatic carbocycles. The molecule has 0 aliphatic rings. The number of hydrogen-bond acceptors (Lipinski definition) is 1. The first-order chi connectivity index (χ1) is 9.97. The van der Waals surface area contributed by atoms with Gasteiger partial charge in [0.05, 0.1) is 5.92 Å². The summed E-state index contributed by atoms with van der Waals surface area (Å²) in [7, 11) is 0. The molecule has 0 bridgehead atoms. The predicted octanol–water partition coefficient (Wildman–Crippen LogP) is 4.62. The van der Waals surface area contributed by atoms with Crippen molar-refractivity contribution in [3.63, 3.8) is 0 Å². The number of aliphatic carboxylic acids is 1. The maximum absolute atomic E-state index is 13.0. The number of hydrogen-bond donors (Lipinski definition) is 1. The maximum atomic E-state index is 13.0. The number of carboxylic acids is 1. The molecular weight excluding hydrogens is 314 g/mol. The van der Waals surface area contributed by atoms with Crippen LogP contribution in [0.15, 0.2) is 42.5 Å². The van der Waals surface area contributed by atoms with Gasteiger partial charge in [-0.05, 0) is 42.2 Å². The first-order valence-electron chi connectivity index (χ1n) is 6.37. The highest BCUT2D eigenvalue weighted by atomic mass is 35.5. The van der Waals surface area contributed by atoms with E-state index in [1.807, 2.05) is 6.07 Å². The fraction of sp³-hybridized carbons (Fsp3) is 0.188. The standard InChI is InChI=1S/C16H13Cl2FO2/c17-14-4-2-1-3-10(14)7-12(16(20)21)8-11-5-6-13(19)9-15(11)18/h1-6,9,12H,7-8H2,(H,20,21). The van der Waals surface area contributed by atoms with Gasteiger partial charge < -0.3 is 5.11 Å². The van der Waals surface area contributed by atoms with Gasteiger partial charge in [0.1, 0.15) is 5.82 Å². The van der Waals surface area contributed by atoms with E-state index in [2.05, 4.69) is 0 Å². The fourth-order valence-corrected chi connectivity index (χ4v) is 2.59. The molecule has 1 unspecified atom stereocenters. The Hall–Kier alpha value is -1.58. The van der Waals surface area contributed by atoms with Gasteiger partial charge in [0.25, 0.3) is 0 Å². The van der Waals surface area contributed by atoms with Crippen molar-refractivity contribution >= 4 is 29.2 Å². The zero-order valence-electron chi connectivity index (χ0n) is 11.0. The molecule has 2 rings (SSSR count). The average Bonchev–Trinajstić information content (AvgIpc) is 2.42. The van der Waals surface area contributed by atoms with Crippen molar-refractivity contribution in [2.75, 3.05) is 0 Å². The molecule has 5 heteroatoms. The molecule has 0 amide bonds. The molecule has 0 aliphatic carbocycles. The van der Waals surface area contributed by atoms with Crippen molar-refractivity contribution < 1.29 is 14.3 Å². The van der Waals surface area contributed by atoms with Gasteiger partial charge in [0.2, 0.25) is 0 Å². The van der Waals surface area contributed by atoms with Crippen LogP contribution in [0.25, 0.3) is 0 Å². The van der Waals surface area contributed by atoms with E-state index >= 15 is 0 Å². The second-order valence-electron chi connectivity index (χ2n) is 4.77. The highest BCUT2D eigenvalue weighted by Crippen LogP contribution is 2.25. The molecule has 2 nitrogen and oxygen atoms in total. The summed E-state index contributed by atoms with van der Waals surface area (Å²) in [4.78, 5) is 11.4. The first-order valence-corrected chi connectivity index (χ1v) is 7.13. The van der Waals surface area contributed by atoms with E-state index in [-0.39, 0.29) is 11.4 Å². The second-order valence-corrected chi connectivity index (χ2v) is 5.58. The van der Waals surface area contributed by atoms with E-state index in [9.17, 15) is 14.3 Å². The maximum Gasteiger partial charge on any atom is 0.307 e. The lowest BCUT2D eigenvalue weighted by atomic mass is 9.92. The summed E-state index contributed by atoms with van der Waals surface area (Å²) < 4.78 is 13.0. The molecule has 0 saturated carbocycles. The zero-order valence-corrected chi connectivity index (χ0v) is 12.5. The minimum atomic E-state index is -0.935.